The fourth-order valence-corrected chi connectivity index (χ4v) is 4.44. The minimum Gasteiger partial charge on any atom is -0.380 e. The molecular formula is C15H31IN4O3S. The van der Waals surface area contributed by atoms with Gasteiger partial charge in [-0.3, -0.25) is 4.99 Å². The molecule has 0 aromatic heterocycles. The molecule has 2 aliphatic heterocycles. The Morgan fingerprint density at radius 1 is 1.33 bits per heavy atom. The van der Waals surface area contributed by atoms with E-state index in [0.29, 0.717) is 19.5 Å². The standard InChI is InChI=1S/C15H30N4O3S.HI/c1-4-9-23(20,21)19-7-5-13(6-8-19)18-14(16-3)17-10-15(2)11-22-12-15;/h13H,4-12H2,1-3H3,(H2,16,17,18);1H. The summed E-state index contributed by atoms with van der Waals surface area (Å²) in [7, 11) is -1.31. The van der Waals surface area contributed by atoms with Gasteiger partial charge in [-0.15, -0.1) is 24.0 Å². The fourth-order valence-electron chi connectivity index (χ4n) is 2.90. The van der Waals surface area contributed by atoms with Crippen LogP contribution in [0.3, 0.4) is 0 Å². The van der Waals surface area contributed by atoms with E-state index in [1.165, 1.54) is 0 Å². The highest BCUT2D eigenvalue weighted by Crippen LogP contribution is 2.25. The molecule has 0 amide bonds. The summed E-state index contributed by atoms with van der Waals surface area (Å²) in [6.07, 6.45) is 2.29. The van der Waals surface area contributed by atoms with Crippen molar-refractivity contribution in [2.45, 2.75) is 39.2 Å². The summed E-state index contributed by atoms with van der Waals surface area (Å²) in [4.78, 5) is 4.26. The number of aliphatic imine (C=N–C) groups is 1. The number of piperidine rings is 1. The number of hydrogen-bond acceptors (Lipinski definition) is 4. The SMILES string of the molecule is CCCS(=O)(=O)N1CCC(NC(=NC)NCC2(C)COC2)CC1.I. The van der Waals surface area contributed by atoms with Crippen LogP contribution < -0.4 is 10.6 Å². The van der Waals surface area contributed by atoms with E-state index >= 15 is 0 Å². The van der Waals surface area contributed by atoms with Gasteiger partial charge >= 0.3 is 0 Å². The van der Waals surface area contributed by atoms with Gasteiger partial charge in [-0.1, -0.05) is 13.8 Å². The smallest absolute Gasteiger partial charge is 0.214 e. The van der Waals surface area contributed by atoms with Crippen molar-refractivity contribution >= 4 is 40.0 Å². The van der Waals surface area contributed by atoms with Gasteiger partial charge in [0.1, 0.15) is 0 Å². The van der Waals surface area contributed by atoms with Gasteiger partial charge in [0.2, 0.25) is 10.0 Å². The van der Waals surface area contributed by atoms with E-state index < -0.39 is 10.0 Å². The maximum Gasteiger partial charge on any atom is 0.214 e. The molecule has 7 nitrogen and oxygen atoms in total. The largest absolute Gasteiger partial charge is 0.380 e. The Bertz CT molecular complexity index is 515. The summed E-state index contributed by atoms with van der Waals surface area (Å²) >= 11 is 0. The first-order valence-corrected chi connectivity index (χ1v) is 10.0. The lowest BCUT2D eigenvalue weighted by Gasteiger charge is -2.39. The number of guanidine groups is 1. The third kappa shape index (κ3) is 5.99. The lowest BCUT2D eigenvalue weighted by molar-refractivity contribution is -0.0971. The van der Waals surface area contributed by atoms with Crippen LogP contribution in [0.25, 0.3) is 0 Å². The van der Waals surface area contributed by atoms with Crippen molar-refractivity contribution in [3.8, 4) is 0 Å². The van der Waals surface area contributed by atoms with Gasteiger partial charge in [0.25, 0.3) is 0 Å². The van der Waals surface area contributed by atoms with Crippen LogP contribution >= 0.6 is 24.0 Å². The Kier molecular flexibility index (Phi) is 8.71. The molecule has 2 heterocycles. The summed E-state index contributed by atoms with van der Waals surface area (Å²) in [5.41, 5.74) is 0.190. The van der Waals surface area contributed by atoms with Gasteiger partial charge in [0, 0.05) is 38.1 Å². The molecule has 0 radical (unpaired) electrons. The van der Waals surface area contributed by atoms with Crippen LogP contribution in [0.2, 0.25) is 0 Å². The van der Waals surface area contributed by atoms with Crippen LogP contribution in [0.1, 0.15) is 33.1 Å². The molecule has 2 aliphatic rings. The Morgan fingerprint density at radius 3 is 2.42 bits per heavy atom. The van der Waals surface area contributed by atoms with Gasteiger partial charge < -0.3 is 15.4 Å². The van der Waals surface area contributed by atoms with Crippen LogP contribution in [-0.2, 0) is 14.8 Å². The molecule has 2 saturated heterocycles. The summed E-state index contributed by atoms with van der Waals surface area (Å²) in [5.74, 6) is 1.03. The molecule has 0 atom stereocenters. The number of sulfonamides is 1. The number of hydrogen-bond donors (Lipinski definition) is 2. The van der Waals surface area contributed by atoms with E-state index in [2.05, 4.69) is 22.5 Å². The third-order valence-electron chi connectivity index (χ3n) is 4.46. The van der Waals surface area contributed by atoms with Gasteiger partial charge in [0.15, 0.2) is 5.96 Å². The van der Waals surface area contributed by atoms with E-state index in [0.717, 1.165) is 38.6 Å². The van der Waals surface area contributed by atoms with E-state index in [1.807, 2.05) is 6.92 Å². The number of nitrogens with zero attached hydrogens (tertiary/aromatic N) is 2. The van der Waals surface area contributed by atoms with Crippen LogP contribution in [-0.4, -0.2) is 70.4 Å². The quantitative estimate of drug-likeness (QED) is 0.341. The van der Waals surface area contributed by atoms with Crippen molar-refractivity contribution in [2.24, 2.45) is 10.4 Å². The zero-order chi connectivity index (χ0) is 16.9. The first-order chi connectivity index (χ1) is 10.9. The molecule has 0 aromatic carbocycles. The van der Waals surface area contributed by atoms with Gasteiger partial charge in [0.05, 0.1) is 19.0 Å². The molecule has 9 heteroatoms. The highest BCUT2D eigenvalue weighted by atomic mass is 127. The topological polar surface area (TPSA) is 83.0 Å². The molecule has 2 rings (SSSR count). The predicted molar refractivity (Wildman–Crippen MR) is 108 cm³/mol. The Hall–Kier alpha value is -0.130. The highest BCUT2D eigenvalue weighted by Gasteiger charge is 2.33. The highest BCUT2D eigenvalue weighted by molar-refractivity contribution is 14.0. The molecule has 0 spiro atoms. The Morgan fingerprint density at radius 2 is 1.96 bits per heavy atom. The summed E-state index contributed by atoms with van der Waals surface area (Å²) < 4.78 is 31.0. The van der Waals surface area contributed by atoms with Crippen molar-refractivity contribution in [1.82, 2.24) is 14.9 Å². The predicted octanol–water partition coefficient (Wildman–Crippen LogP) is 1.01. The Labute approximate surface area is 163 Å². The normalized spacial score (nSPS) is 22.4. The molecule has 0 saturated carbocycles. The average Bonchev–Trinajstić information content (AvgIpc) is 2.50. The van der Waals surface area contributed by atoms with Crippen LogP contribution in [0.5, 0.6) is 0 Å². The van der Waals surface area contributed by atoms with Crippen LogP contribution in [0, 0.1) is 5.41 Å². The molecule has 2 N–H and O–H groups in total. The minimum atomic E-state index is -3.07. The minimum absolute atomic E-state index is 0. The molecule has 2 fully saturated rings. The van der Waals surface area contributed by atoms with E-state index in [4.69, 9.17) is 4.74 Å². The Balaban J connectivity index is 0.00000288. The van der Waals surface area contributed by atoms with E-state index in [-0.39, 0.29) is 41.2 Å². The van der Waals surface area contributed by atoms with Crippen molar-refractivity contribution in [3.63, 3.8) is 0 Å². The lowest BCUT2D eigenvalue weighted by Crippen LogP contribution is -2.54. The first-order valence-electron chi connectivity index (χ1n) is 8.41. The first kappa shape index (κ1) is 21.9. The number of rotatable bonds is 6. The zero-order valence-corrected chi connectivity index (χ0v) is 18.0. The molecule has 0 unspecified atom stereocenters. The third-order valence-corrected chi connectivity index (χ3v) is 6.53. The van der Waals surface area contributed by atoms with Crippen molar-refractivity contribution in [2.75, 3.05) is 45.6 Å². The zero-order valence-electron chi connectivity index (χ0n) is 14.9. The number of ether oxygens (including phenoxy) is 1. The second kappa shape index (κ2) is 9.54. The van der Waals surface area contributed by atoms with Crippen molar-refractivity contribution in [3.05, 3.63) is 0 Å². The second-order valence-electron chi connectivity index (χ2n) is 6.86. The van der Waals surface area contributed by atoms with Crippen molar-refractivity contribution in [1.29, 1.82) is 0 Å². The summed E-state index contributed by atoms with van der Waals surface area (Å²) in [6, 6.07) is 0.264. The van der Waals surface area contributed by atoms with Crippen LogP contribution in [0.4, 0.5) is 0 Å². The molecule has 142 valence electrons. The summed E-state index contributed by atoms with van der Waals surface area (Å²) in [5, 5.41) is 6.75. The monoisotopic (exact) mass is 474 g/mol. The second-order valence-corrected chi connectivity index (χ2v) is 8.95. The van der Waals surface area contributed by atoms with Gasteiger partial charge in [-0.2, -0.15) is 0 Å². The van der Waals surface area contributed by atoms with E-state index in [1.54, 1.807) is 11.4 Å². The number of halogens is 1. The maximum atomic E-state index is 12.1. The van der Waals surface area contributed by atoms with E-state index in [9.17, 15) is 8.42 Å². The maximum absolute atomic E-state index is 12.1. The number of nitrogens with one attached hydrogen (secondary N) is 2. The van der Waals surface area contributed by atoms with Crippen molar-refractivity contribution < 1.29 is 13.2 Å². The molecule has 0 aromatic rings. The lowest BCUT2D eigenvalue weighted by atomic mass is 9.89. The average molecular weight is 474 g/mol. The molecular weight excluding hydrogens is 443 g/mol. The van der Waals surface area contributed by atoms with Gasteiger partial charge in [-0.05, 0) is 19.3 Å². The molecule has 0 aliphatic carbocycles. The van der Waals surface area contributed by atoms with Crippen LogP contribution in [0.15, 0.2) is 4.99 Å². The molecule has 24 heavy (non-hydrogen) atoms. The molecule has 0 bridgehead atoms. The fraction of sp³-hybridized carbons (Fsp3) is 0.933. The summed E-state index contributed by atoms with van der Waals surface area (Å²) in [6.45, 7) is 7.65. The van der Waals surface area contributed by atoms with Gasteiger partial charge in [-0.25, -0.2) is 12.7 Å².